The molecule has 3 fully saturated rings. The first kappa shape index (κ1) is 14.3. The minimum absolute atomic E-state index is 0.226. The number of ether oxygens (including phenoxy) is 1. The van der Waals surface area contributed by atoms with E-state index >= 15 is 0 Å². The molecule has 20 heavy (non-hydrogen) atoms. The lowest BCUT2D eigenvalue weighted by Gasteiger charge is -2.36. The van der Waals surface area contributed by atoms with Crippen LogP contribution < -0.4 is 5.32 Å². The quantitative estimate of drug-likeness (QED) is 0.834. The molecule has 0 aromatic heterocycles. The van der Waals surface area contributed by atoms with Gasteiger partial charge < -0.3 is 4.74 Å². The first-order valence-electron chi connectivity index (χ1n) is 8.24. The van der Waals surface area contributed by atoms with Crippen molar-refractivity contribution in [2.45, 2.75) is 63.1 Å². The van der Waals surface area contributed by atoms with Crippen molar-refractivity contribution in [2.75, 3.05) is 26.3 Å². The van der Waals surface area contributed by atoms with Crippen LogP contribution in [-0.4, -0.2) is 48.8 Å². The zero-order chi connectivity index (χ0) is 14.0. The van der Waals surface area contributed by atoms with Crippen LogP contribution in [0.3, 0.4) is 0 Å². The molecule has 1 N–H and O–H groups in total. The molecule has 0 aromatic carbocycles. The van der Waals surface area contributed by atoms with Gasteiger partial charge in [0.1, 0.15) is 5.54 Å². The van der Waals surface area contributed by atoms with Crippen LogP contribution in [0.1, 0.15) is 45.4 Å². The van der Waals surface area contributed by atoms with Gasteiger partial charge in [0.25, 0.3) is 0 Å². The van der Waals surface area contributed by atoms with Crippen molar-refractivity contribution >= 4 is 0 Å². The number of hydrogen-bond acceptors (Lipinski definition) is 4. The molecule has 3 rings (SSSR count). The van der Waals surface area contributed by atoms with Crippen LogP contribution in [0.4, 0.5) is 0 Å². The standard InChI is InChI=1S/C16H27N3O/c1-13-11-20-10-9-19(13)8-6-14-3-2-7-16(14,12-17)18-15-4-5-15/h13-15,18H,2-11H2,1H3. The SMILES string of the molecule is CC1COCCN1CCC1CCCC1(C#N)NC1CC1. The number of nitrogens with one attached hydrogen (secondary N) is 1. The Hall–Kier alpha value is -0.630. The molecule has 4 heteroatoms. The molecule has 1 saturated heterocycles. The maximum atomic E-state index is 9.71. The molecule has 1 aliphatic heterocycles. The third kappa shape index (κ3) is 3.00. The summed E-state index contributed by atoms with van der Waals surface area (Å²) in [7, 11) is 0. The molecule has 2 saturated carbocycles. The fraction of sp³-hybridized carbons (Fsp3) is 0.938. The summed E-state index contributed by atoms with van der Waals surface area (Å²) >= 11 is 0. The predicted octanol–water partition coefficient (Wildman–Crippen LogP) is 1.91. The molecule has 0 aromatic rings. The minimum atomic E-state index is -0.226. The lowest BCUT2D eigenvalue weighted by atomic mass is 9.85. The van der Waals surface area contributed by atoms with Gasteiger partial charge in [0.15, 0.2) is 0 Å². The van der Waals surface area contributed by atoms with Crippen molar-refractivity contribution in [1.82, 2.24) is 10.2 Å². The minimum Gasteiger partial charge on any atom is -0.379 e. The van der Waals surface area contributed by atoms with Gasteiger partial charge in [-0.05, 0) is 51.5 Å². The van der Waals surface area contributed by atoms with Crippen LogP contribution in [0.25, 0.3) is 0 Å². The Kier molecular flexibility index (Phi) is 4.30. The third-order valence-corrected chi connectivity index (χ3v) is 5.33. The topological polar surface area (TPSA) is 48.3 Å². The molecular formula is C16H27N3O. The maximum Gasteiger partial charge on any atom is 0.109 e. The van der Waals surface area contributed by atoms with Crippen molar-refractivity contribution < 1.29 is 4.74 Å². The highest BCUT2D eigenvalue weighted by atomic mass is 16.5. The van der Waals surface area contributed by atoms with Gasteiger partial charge in [0.2, 0.25) is 0 Å². The average Bonchev–Trinajstić information content (AvgIpc) is 3.18. The molecule has 3 aliphatic rings. The average molecular weight is 277 g/mol. The van der Waals surface area contributed by atoms with Crippen molar-refractivity contribution in [3.63, 3.8) is 0 Å². The first-order valence-corrected chi connectivity index (χ1v) is 8.24. The fourth-order valence-electron chi connectivity index (χ4n) is 3.85. The maximum absolute atomic E-state index is 9.71. The summed E-state index contributed by atoms with van der Waals surface area (Å²) < 4.78 is 5.50. The van der Waals surface area contributed by atoms with Crippen molar-refractivity contribution in [1.29, 1.82) is 5.26 Å². The molecule has 0 amide bonds. The second-order valence-electron chi connectivity index (χ2n) is 6.84. The van der Waals surface area contributed by atoms with E-state index in [2.05, 4.69) is 23.2 Å². The van der Waals surface area contributed by atoms with E-state index in [1.807, 2.05) is 0 Å². The van der Waals surface area contributed by atoms with Crippen LogP contribution in [0.15, 0.2) is 0 Å². The first-order chi connectivity index (χ1) is 9.73. The Morgan fingerprint density at radius 3 is 2.95 bits per heavy atom. The Balaban J connectivity index is 1.56. The summed E-state index contributed by atoms with van der Waals surface area (Å²) in [6.45, 7) is 6.12. The summed E-state index contributed by atoms with van der Waals surface area (Å²) in [5.74, 6) is 0.531. The van der Waals surface area contributed by atoms with E-state index in [1.165, 1.54) is 25.7 Å². The van der Waals surface area contributed by atoms with Gasteiger partial charge in [0, 0.05) is 18.6 Å². The molecule has 0 radical (unpaired) electrons. The normalized spacial score (nSPS) is 38.8. The molecule has 2 aliphatic carbocycles. The lowest BCUT2D eigenvalue weighted by Crippen LogP contribution is -2.50. The van der Waals surface area contributed by atoms with Crippen molar-refractivity contribution in [2.24, 2.45) is 5.92 Å². The van der Waals surface area contributed by atoms with Crippen LogP contribution >= 0.6 is 0 Å². The number of hydrogen-bond donors (Lipinski definition) is 1. The van der Waals surface area contributed by atoms with E-state index in [0.29, 0.717) is 18.0 Å². The molecule has 4 nitrogen and oxygen atoms in total. The molecular weight excluding hydrogens is 250 g/mol. The van der Waals surface area contributed by atoms with Gasteiger partial charge >= 0.3 is 0 Å². The van der Waals surface area contributed by atoms with Gasteiger partial charge in [-0.3, -0.25) is 10.2 Å². The van der Waals surface area contributed by atoms with Gasteiger partial charge in [-0.2, -0.15) is 5.26 Å². The summed E-state index contributed by atoms with van der Waals surface area (Å²) in [5.41, 5.74) is -0.226. The summed E-state index contributed by atoms with van der Waals surface area (Å²) in [6.07, 6.45) is 7.14. The lowest BCUT2D eigenvalue weighted by molar-refractivity contribution is -0.00343. The predicted molar refractivity (Wildman–Crippen MR) is 78.3 cm³/mol. The Bertz CT molecular complexity index is 376. The van der Waals surface area contributed by atoms with E-state index in [1.54, 1.807) is 0 Å². The highest BCUT2D eigenvalue weighted by Gasteiger charge is 2.45. The molecule has 112 valence electrons. The van der Waals surface area contributed by atoms with Gasteiger partial charge in [-0.25, -0.2) is 0 Å². The number of morpholine rings is 1. The van der Waals surface area contributed by atoms with E-state index in [9.17, 15) is 5.26 Å². The van der Waals surface area contributed by atoms with Crippen LogP contribution in [0.5, 0.6) is 0 Å². The van der Waals surface area contributed by atoms with E-state index in [-0.39, 0.29) is 5.54 Å². The monoisotopic (exact) mass is 277 g/mol. The van der Waals surface area contributed by atoms with Crippen LogP contribution in [0.2, 0.25) is 0 Å². The second-order valence-corrected chi connectivity index (χ2v) is 6.84. The zero-order valence-electron chi connectivity index (χ0n) is 12.6. The number of rotatable bonds is 5. The van der Waals surface area contributed by atoms with Crippen LogP contribution in [-0.2, 0) is 4.74 Å². The highest BCUT2D eigenvalue weighted by Crippen LogP contribution is 2.40. The Morgan fingerprint density at radius 1 is 1.40 bits per heavy atom. The zero-order valence-corrected chi connectivity index (χ0v) is 12.6. The van der Waals surface area contributed by atoms with Crippen molar-refractivity contribution in [3.05, 3.63) is 0 Å². The molecule has 0 spiro atoms. The Morgan fingerprint density at radius 2 is 2.25 bits per heavy atom. The summed E-state index contributed by atoms with van der Waals surface area (Å²) in [4.78, 5) is 2.53. The van der Waals surface area contributed by atoms with Gasteiger partial charge in [-0.1, -0.05) is 6.42 Å². The molecule has 0 bridgehead atoms. The van der Waals surface area contributed by atoms with Crippen molar-refractivity contribution in [3.8, 4) is 6.07 Å². The van der Waals surface area contributed by atoms with Crippen LogP contribution in [0, 0.1) is 17.2 Å². The fourth-order valence-corrected chi connectivity index (χ4v) is 3.85. The van der Waals surface area contributed by atoms with Gasteiger partial charge in [0.05, 0.1) is 19.3 Å². The molecule has 1 heterocycles. The van der Waals surface area contributed by atoms with E-state index < -0.39 is 0 Å². The smallest absolute Gasteiger partial charge is 0.109 e. The largest absolute Gasteiger partial charge is 0.379 e. The van der Waals surface area contributed by atoms with Gasteiger partial charge in [-0.15, -0.1) is 0 Å². The number of nitriles is 1. The summed E-state index contributed by atoms with van der Waals surface area (Å²) in [6, 6.07) is 3.79. The summed E-state index contributed by atoms with van der Waals surface area (Å²) in [5, 5.41) is 13.4. The number of nitrogens with zero attached hydrogens (tertiary/aromatic N) is 2. The highest BCUT2D eigenvalue weighted by molar-refractivity contribution is 5.16. The Labute approximate surface area is 122 Å². The van der Waals surface area contributed by atoms with E-state index in [0.717, 1.165) is 39.1 Å². The second kappa shape index (κ2) is 6.01. The third-order valence-electron chi connectivity index (χ3n) is 5.33. The van der Waals surface area contributed by atoms with E-state index in [4.69, 9.17) is 4.74 Å². The molecule has 3 unspecified atom stereocenters. The molecule has 3 atom stereocenters.